The highest BCUT2D eigenvalue weighted by molar-refractivity contribution is 5.92. The van der Waals surface area contributed by atoms with Crippen molar-refractivity contribution in [2.24, 2.45) is 5.92 Å². The number of rotatable bonds is 5. The molecule has 3 N–H and O–H groups in total. The van der Waals surface area contributed by atoms with E-state index in [0.717, 1.165) is 35.2 Å². The van der Waals surface area contributed by atoms with E-state index in [1.54, 1.807) is 14.0 Å². The van der Waals surface area contributed by atoms with E-state index in [-0.39, 0.29) is 5.60 Å². The zero-order valence-corrected chi connectivity index (χ0v) is 16.8. The first-order chi connectivity index (χ1) is 12.8. The zero-order chi connectivity index (χ0) is 19.3. The van der Waals surface area contributed by atoms with Gasteiger partial charge in [-0.3, -0.25) is 5.32 Å². The van der Waals surface area contributed by atoms with E-state index in [4.69, 9.17) is 9.47 Å². The highest BCUT2D eigenvalue weighted by Gasteiger charge is 2.47. The summed E-state index contributed by atoms with van der Waals surface area (Å²) in [5, 5.41) is 13.6. The molecule has 0 amide bonds. The number of aliphatic hydroxyl groups is 1. The highest BCUT2D eigenvalue weighted by atomic mass is 16.5. The predicted molar refractivity (Wildman–Crippen MR) is 108 cm³/mol. The van der Waals surface area contributed by atoms with Gasteiger partial charge in [-0.15, -0.1) is 0 Å². The van der Waals surface area contributed by atoms with Crippen molar-refractivity contribution in [1.29, 1.82) is 0 Å². The van der Waals surface area contributed by atoms with Gasteiger partial charge in [-0.2, -0.15) is 0 Å². The van der Waals surface area contributed by atoms with Crippen LogP contribution in [-0.4, -0.2) is 35.6 Å². The van der Waals surface area contributed by atoms with Gasteiger partial charge < -0.3 is 19.6 Å². The van der Waals surface area contributed by atoms with Crippen molar-refractivity contribution < 1.29 is 14.6 Å². The van der Waals surface area contributed by atoms with Gasteiger partial charge in [0.25, 0.3) is 0 Å². The number of hydrogen-bond donors (Lipinski definition) is 3. The molecule has 1 aliphatic carbocycles. The summed E-state index contributed by atoms with van der Waals surface area (Å²) in [5.74, 6) is 2.59. The molecule has 3 unspecified atom stereocenters. The third-order valence-corrected chi connectivity index (χ3v) is 6.10. The number of ether oxygens (including phenoxy) is 2. The van der Waals surface area contributed by atoms with Crippen LogP contribution in [0.25, 0.3) is 10.9 Å². The van der Waals surface area contributed by atoms with E-state index in [1.165, 1.54) is 16.7 Å². The Morgan fingerprint density at radius 3 is 2.93 bits per heavy atom. The first-order valence-corrected chi connectivity index (χ1v) is 9.80. The van der Waals surface area contributed by atoms with Gasteiger partial charge in [0.1, 0.15) is 17.6 Å². The van der Waals surface area contributed by atoms with Crippen LogP contribution in [0.1, 0.15) is 51.2 Å². The van der Waals surface area contributed by atoms with Gasteiger partial charge in [-0.25, -0.2) is 0 Å². The number of allylic oxidation sites excluding steroid dienone is 2. The molecule has 1 aliphatic heterocycles. The van der Waals surface area contributed by atoms with Crippen LogP contribution < -0.4 is 14.8 Å². The van der Waals surface area contributed by atoms with Crippen LogP contribution in [0.3, 0.4) is 0 Å². The number of aliphatic hydroxyl groups excluding tert-OH is 1. The number of methoxy groups -OCH3 is 1. The number of aromatic nitrogens is 1. The Morgan fingerprint density at radius 1 is 1.44 bits per heavy atom. The Bertz CT molecular complexity index is 895. The monoisotopic (exact) mass is 370 g/mol. The van der Waals surface area contributed by atoms with E-state index in [0.29, 0.717) is 18.4 Å². The minimum atomic E-state index is -0.504. The molecular weight excluding hydrogens is 340 g/mol. The molecule has 5 heteroatoms. The summed E-state index contributed by atoms with van der Waals surface area (Å²) in [4.78, 5) is 3.44. The van der Waals surface area contributed by atoms with Crippen LogP contribution in [0.5, 0.6) is 11.5 Å². The van der Waals surface area contributed by atoms with Crippen molar-refractivity contribution in [2.75, 3.05) is 13.7 Å². The quantitative estimate of drug-likeness (QED) is 0.552. The van der Waals surface area contributed by atoms with Crippen molar-refractivity contribution >= 4 is 10.9 Å². The molecule has 1 aromatic carbocycles. The van der Waals surface area contributed by atoms with Gasteiger partial charge in [-0.05, 0) is 52.2 Å². The van der Waals surface area contributed by atoms with Crippen LogP contribution >= 0.6 is 0 Å². The standard InChI is InChI=1S/C22H30N2O3/c1-12-8-16-17(9-12)22(3,4)27-21-19(16)18(26-5)10-15-14(11-24-20(15)21)6-7-23-13(2)25/h8,10-11,13,16-17,23-25H,6-7,9H2,1-5H3. The second-order valence-corrected chi connectivity index (χ2v) is 8.49. The largest absolute Gasteiger partial charge is 0.496 e. The van der Waals surface area contributed by atoms with Gasteiger partial charge in [0.2, 0.25) is 0 Å². The molecule has 5 nitrogen and oxygen atoms in total. The number of benzene rings is 1. The van der Waals surface area contributed by atoms with E-state index in [9.17, 15) is 5.11 Å². The number of hydrogen-bond acceptors (Lipinski definition) is 4. The van der Waals surface area contributed by atoms with Gasteiger partial charge >= 0.3 is 0 Å². The Labute approximate surface area is 160 Å². The molecule has 0 fully saturated rings. The third-order valence-electron chi connectivity index (χ3n) is 6.10. The summed E-state index contributed by atoms with van der Waals surface area (Å²) in [6.07, 6.45) is 5.82. The molecule has 2 aliphatic rings. The lowest BCUT2D eigenvalue weighted by Crippen LogP contribution is -2.43. The molecule has 0 saturated heterocycles. The summed E-state index contributed by atoms with van der Waals surface area (Å²) in [7, 11) is 1.74. The first kappa shape index (κ1) is 18.4. The van der Waals surface area contributed by atoms with Crippen molar-refractivity contribution in [3.63, 3.8) is 0 Å². The summed E-state index contributed by atoms with van der Waals surface area (Å²) in [6, 6.07) is 2.14. The highest BCUT2D eigenvalue weighted by Crippen LogP contribution is 2.56. The fourth-order valence-electron chi connectivity index (χ4n) is 4.76. The SMILES string of the molecule is COc1cc2c(CCNC(C)O)c[nH]c2c2c1C1C=C(C)CC1C(C)(C)O2. The van der Waals surface area contributed by atoms with Gasteiger partial charge in [0.15, 0.2) is 5.75 Å². The molecular formula is C22H30N2O3. The molecule has 0 spiro atoms. The Hall–Kier alpha value is -1.98. The van der Waals surface area contributed by atoms with Crippen LogP contribution in [0.2, 0.25) is 0 Å². The molecule has 0 bridgehead atoms. The number of aromatic amines is 1. The van der Waals surface area contributed by atoms with E-state index >= 15 is 0 Å². The van der Waals surface area contributed by atoms with E-state index in [1.807, 2.05) is 6.20 Å². The molecule has 0 radical (unpaired) electrons. The van der Waals surface area contributed by atoms with Crippen LogP contribution in [0.4, 0.5) is 0 Å². The van der Waals surface area contributed by atoms with Crippen LogP contribution in [0, 0.1) is 5.92 Å². The lowest BCUT2D eigenvalue weighted by molar-refractivity contribution is 0.0241. The fourth-order valence-corrected chi connectivity index (χ4v) is 4.76. The van der Waals surface area contributed by atoms with Crippen molar-refractivity contribution in [2.45, 2.75) is 58.3 Å². The molecule has 4 rings (SSSR count). The number of H-pyrrole nitrogens is 1. The molecule has 2 aromatic rings. The maximum atomic E-state index is 9.44. The number of nitrogens with one attached hydrogen (secondary N) is 2. The summed E-state index contributed by atoms with van der Waals surface area (Å²) >= 11 is 0. The van der Waals surface area contributed by atoms with Crippen LogP contribution in [0.15, 0.2) is 23.9 Å². The lowest BCUT2D eigenvalue weighted by Gasteiger charge is -2.42. The van der Waals surface area contributed by atoms with E-state index in [2.05, 4.69) is 43.2 Å². The second-order valence-electron chi connectivity index (χ2n) is 8.49. The summed E-state index contributed by atoms with van der Waals surface area (Å²) < 4.78 is 12.4. The van der Waals surface area contributed by atoms with Crippen molar-refractivity contribution in [3.05, 3.63) is 35.0 Å². The Morgan fingerprint density at radius 2 is 2.22 bits per heavy atom. The maximum absolute atomic E-state index is 9.44. The molecule has 1 aromatic heterocycles. The third kappa shape index (κ3) is 3.03. The van der Waals surface area contributed by atoms with Crippen molar-refractivity contribution in [1.82, 2.24) is 10.3 Å². The second kappa shape index (κ2) is 6.57. The molecule has 3 atom stereocenters. The van der Waals surface area contributed by atoms with Gasteiger partial charge in [-0.1, -0.05) is 11.6 Å². The summed E-state index contributed by atoms with van der Waals surface area (Å²) in [5.41, 5.74) is 4.60. The normalized spacial score (nSPS) is 24.1. The molecule has 146 valence electrons. The average Bonchev–Trinajstić information content (AvgIpc) is 3.18. The smallest absolute Gasteiger partial charge is 0.151 e. The number of fused-ring (bicyclic) bond motifs is 5. The Kier molecular flexibility index (Phi) is 4.47. The zero-order valence-electron chi connectivity index (χ0n) is 16.8. The molecule has 2 heterocycles. The topological polar surface area (TPSA) is 66.5 Å². The van der Waals surface area contributed by atoms with Crippen LogP contribution in [-0.2, 0) is 6.42 Å². The van der Waals surface area contributed by atoms with Gasteiger partial charge in [0.05, 0.1) is 12.6 Å². The first-order valence-electron chi connectivity index (χ1n) is 9.80. The summed E-state index contributed by atoms with van der Waals surface area (Å²) in [6.45, 7) is 9.05. The molecule has 27 heavy (non-hydrogen) atoms. The Balaban J connectivity index is 1.82. The predicted octanol–water partition coefficient (Wildman–Crippen LogP) is 3.87. The minimum Gasteiger partial charge on any atom is -0.496 e. The fraction of sp³-hybridized carbons (Fsp3) is 0.545. The van der Waals surface area contributed by atoms with E-state index < -0.39 is 6.23 Å². The van der Waals surface area contributed by atoms with Crippen molar-refractivity contribution in [3.8, 4) is 11.5 Å². The maximum Gasteiger partial charge on any atom is 0.151 e. The minimum absolute atomic E-state index is 0.232. The molecule has 0 saturated carbocycles. The van der Waals surface area contributed by atoms with Gasteiger partial charge in [0, 0.05) is 35.5 Å². The lowest BCUT2D eigenvalue weighted by atomic mass is 9.75. The average molecular weight is 370 g/mol.